The molecular weight excluding hydrogens is 178 g/mol. The van der Waals surface area contributed by atoms with Crippen molar-refractivity contribution in [1.82, 2.24) is 5.32 Å². The average molecular weight is 195 g/mol. The molecule has 0 aliphatic rings. The van der Waals surface area contributed by atoms with Crippen molar-refractivity contribution in [1.29, 1.82) is 0 Å². The maximum atomic E-state index is 8.51. The Morgan fingerprint density at radius 1 is 1.21 bits per heavy atom. The Bertz CT molecular complexity index is 246. The number of rotatable bonds is 6. The number of benzene rings is 1. The molecular formula is C11H17NO2. The number of hydrogen-bond acceptors (Lipinski definition) is 3. The first-order valence-corrected chi connectivity index (χ1v) is 4.84. The quantitative estimate of drug-likeness (QED) is 0.664. The summed E-state index contributed by atoms with van der Waals surface area (Å²) in [6, 6.07) is 7.97. The number of nitrogens with one attached hydrogen (secondary N) is 1. The van der Waals surface area contributed by atoms with Crippen LogP contribution in [0.1, 0.15) is 5.56 Å². The third-order valence-corrected chi connectivity index (χ3v) is 1.86. The molecule has 0 saturated carbocycles. The van der Waals surface area contributed by atoms with Gasteiger partial charge in [0.2, 0.25) is 0 Å². The molecule has 0 spiro atoms. The molecule has 1 aromatic rings. The molecule has 0 atom stereocenters. The third-order valence-electron chi connectivity index (χ3n) is 1.86. The van der Waals surface area contributed by atoms with Crippen LogP contribution in [-0.2, 0) is 0 Å². The molecule has 3 nitrogen and oxygen atoms in total. The van der Waals surface area contributed by atoms with Crippen molar-refractivity contribution in [3.63, 3.8) is 0 Å². The van der Waals surface area contributed by atoms with Gasteiger partial charge in [0.1, 0.15) is 12.4 Å². The van der Waals surface area contributed by atoms with Gasteiger partial charge in [-0.1, -0.05) is 17.7 Å². The van der Waals surface area contributed by atoms with Crippen molar-refractivity contribution in [2.75, 3.05) is 26.3 Å². The Balaban J connectivity index is 2.15. The lowest BCUT2D eigenvalue weighted by molar-refractivity contribution is 0.276. The van der Waals surface area contributed by atoms with Crippen molar-refractivity contribution in [2.45, 2.75) is 6.92 Å². The number of ether oxygens (including phenoxy) is 1. The van der Waals surface area contributed by atoms with E-state index in [2.05, 4.69) is 5.32 Å². The summed E-state index contributed by atoms with van der Waals surface area (Å²) >= 11 is 0. The van der Waals surface area contributed by atoms with Crippen LogP contribution in [0.2, 0.25) is 0 Å². The largest absolute Gasteiger partial charge is 0.492 e. The van der Waals surface area contributed by atoms with Crippen LogP contribution in [0, 0.1) is 6.92 Å². The summed E-state index contributed by atoms with van der Waals surface area (Å²) in [5.41, 5.74) is 1.23. The normalized spacial score (nSPS) is 10.1. The van der Waals surface area contributed by atoms with E-state index in [4.69, 9.17) is 9.84 Å². The van der Waals surface area contributed by atoms with Crippen molar-refractivity contribution >= 4 is 0 Å². The number of aliphatic hydroxyl groups excluding tert-OH is 1. The van der Waals surface area contributed by atoms with Gasteiger partial charge in [-0.15, -0.1) is 0 Å². The van der Waals surface area contributed by atoms with E-state index in [9.17, 15) is 0 Å². The third kappa shape index (κ3) is 4.25. The number of aryl methyl sites for hydroxylation is 1. The first kappa shape index (κ1) is 11.0. The summed E-state index contributed by atoms with van der Waals surface area (Å²) in [6.45, 7) is 4.23. The van der Waals surface area contributed by atoms with E-state index in [1.807, 2.05) is 31.2 Å². The van der Waals surface area contributed by atoms with Crippen LogP contribution in [0.4, 0.5) is 0 Å². The first-order valence-electron chi connectivity index (χ1n) is 4.84. The van der Waals surface area contributed by atoms with E-state index in [1.54, 1.807) is 0 Å². The second kappa shape index (κ2) is 6.40. The van der Waals surface area contributed by atoms with Gasteiger partial charge < -0.3 is 15.2 Å². The number of hydrogen-bond donors (Lipinski definition) is 2. The highest BCUT2D eigenvalue weighted by Gasteiger charge is 1.92. The summed E-state index contributed by atoms with van der Waals surface area (Å²) in [5.74, 6) is 0.890. The molecule has 0 unspecified atom stereocenters. The lowest BCUT2D eigenvalue weighted by atomic mass is 10.2. The van der Waals surface area contributed by atoms with Crippen molar-refractivity contribution in [2.24, 2.45) is 0 Å². The van der Waals surface area contributed by atoms with Gasteiger partial charge in [-0.25, -0.2) is 0 Å². The van der Waals surface area contributed by atoms with Crippen LogP contribution in [0.25, 0.3) is 0 Å². The predicted octanol–water partition coefficient (Wildman–Crippen LogP) is 0.956. The molecule has 0 saturated heterocycles. The maximum absolute atomic E-state index is 8.51. The SMILES string of the molecule is Cc1ccc(OCCNCCO)cc1. The Morgan fingerprint density at radius 3 is 2.57 bits per heavy atom. The van der Waals surface area contributed by atoms with Gasteiger partial charge in [0.15, 0.2) is 0 Å². The minimum atomic E-state index is 0.171. The lowest BCUT2D eigenvalue weighted by Crippen LogP contribution is -2.23. The van der Waals surface area contributed by atoms with Gasteiger partial charge in [0, 0.05) is 13.1 Å². The Hall–Kier alpha value is -1.06. The van der Waals surface area contributed by atoms with Crippen molar-refractivity contribution < 1.29 is 9.84 Å². The molecule has 0 aliphatic carbocycles. The van der Waals surface area contributed by atoms with Crippen LogP contribution in [0.15, 0.2) is 24.3 Å². The molecule has 1 rings (SSSR count). The van der Waals surface area contributed by atoms with Gasteiger partial charge >= 0.3 is 0 Å². The standard InChI is InChI=1S/C11H17NO2/c1-10-2-4-11(5-3-10)14-9-7-12-6-8-13/h2-5,12-13H,6-9H2,1H3. The zero-order chi connectivity index (χ0) is 10.2. The second-order valence-corrected chi connectivity index (χ2v) is 3.14. The Labute approximate surface area is 84.7 Å². The fraction of sp³-hybridized carbons (Fsp3) is 0.455. The summed E-state index contributed by atoms with van der Waals surface area (Å²) in [5, 5.41) is 11.6. The number of aliphatic hydroxyl groups is 1. The van der Waals surface area contributed by atoms with Crippen LogP contribution < -0.4 is 10.1 Å². The first-order chi connectivity index (χ1) is 6.83. The molecule has 3 heteroatoms. The zero-order valence-corrected chi connectivity index (χ0v) is 8.49. The van der Waals surface area contributed by atoms with Gasteiger partial charge in [0.25, 0.3) is 0 Å². The summed E-state index contributed by atoms with van der Waals surface area (Å²) < 4.78 is 5.46. The van der Waals surface area contributed by atoms with E-state index in [-0.39, 0.29) is 6.61 Å². The highest BCUT2D eigenvalue weighted by Crippen LogP contribution is 2.10. The Kier molecular flexibility index (Phi) is 5.04. The summed E-state index contributed by atoms with van der Waals surface area (Å²) in [6.07, 6.45) is 0. The molecule has 14 heavy (non-hydrogen) atoms. The maximum Gasteiger partial charge on any atom is 0.119 e. The molecule has 0 aromatic heterocycles. The fourth-order valence-electron chi connectivity index (χ4n) is 1.08. The van der Waals surface area contributed by atoms with Gasteiger partial charge in [-0.2, -0.15) is 0 Å². The van der Waals surface area contributed by atoms with Gasteiger partial charge in [-0.3, -0.25) is 0 Å². The van der Waals surface area contributed by atoms with E-state index in [0.29, 0.717) is 13.2 Å². The highest BCUT2D eigenvalue weighted by atomic mass is 16.5. The van der Waals surface area contributed by atoms with Gasteiger partial charge in [-0.05, 0) is 19.1 Å². The van der Waals surface area contributed by atoms with Crippen LogP contribution in [-0.4, -0.2) is 31.4 Å². The average Bonchev–Trinajstić information content (AvgIpc) is 2.21. The summed E-state index contributed by atoms with van der Waals surface area (Å²) in [4.78, 5) is 0. The molecule has 1 aromatic carbocycles. The molecule has 0 bridgehead atoms. The van der Waals surface area contributed by atoms with E-state index >= 15 is 0 Å². The monoisotopic (exact) mass is 195 g/mol. The lowest BCUT2D eigenvalue weighted by Gasteiger charge is -2.06. The van der Waals surface area contributed by atoms with Crippen molar-refractivity contribution in [3.8, 4) is 5.75 Å². The Morgan fingerprint density at radius 2 is 1.93 bits per heavy atom. The molecule has 78 valence electrons. The molecule has 0 aliphatic heterocycles. The van der Waals surface area contributed by atoms with E-state index in [1.165, 1.54) is 5.56 Å². The van der Waals surface area contributed by atoms with Crippen LogP contribution in [0.5, 0.6) is 5.75 Å². The molecule has 0 amide bonds. The topological polar surface area (TPSA) is 41.5 Å². The molecule has 0 fully saturated rings. The van der Waals surface area contributed by atoms with E-state index < -0.39 is 0 Å². The van der Waals surface area contributed by atoms with Crippen LogP contribution >= 0.6 is 0 Å². The smallest absolute Gasteiger partial charge is 0.119 e. The highest BCUT2D eigenvalue weighted by molar-refractivity contribution is 5.26. The molecule has 0 radical (unpaired) electrons. The zero-order valence-electron chi connectivity index (χ0n) is 8.49. The fourth-order valence-corrected chi connectivity index (χ4v) is 1.08. The second-order valence-electron chi connectivity index (χ2n) is 3.14. The van der Waals surface area contributed by atoms with E-state index in [0.717, 1.165) is 12.3 Å². The predicted molar refractivity (Wildman–Crippen MR) is 56.6 cm³/mol. The minimum absolute atomic E-state index is 0.171. The summed E-state index contributed by atoms with van der Waals surface area (Å²) in [7, 11) is 0. The molecule has 2 N–H and O–H groups in total. The van der Waals surface area contributed by atoms with Gasteiger partial charge in [0.05, 0.1) is 6.61 Å². The van der Waals surface area contributed by atoms with Crippen LogP contribution in [0.3, 0.4) is 0 Å². The molecule has 0 heterocycles. The van der Waals surface area contributed by atoms with Crippen molar-refractivity contribution in [3.05, 3.63) is 29.8 Å². The minimum Gasteiger partial charge on any atom is -0.492 e.